The Morgan fingerprint density at radius 2 is 2.05 bits per heavy atom. The Morgan fingerprint density at radius 3 is 2.71 bits per heavy atom. The number of urea groups is 1. The number of ether oxygens (including phenoxy) is 1. The molecule has 0 spiro atoms. The number of morpholine rings is 1. The highest BCUT2D eigenvalue weighted by molar-refractivity contribution is 5.89. The lowest BCUT2D eigenvalue weighted by molar-refractivity contribution is 0.0344. The van der Waals surface area contributed by atoms with Gasteiger partial charge in [0.15, 0.2) is 0 Å². The van der Waals surface area contributed by atoms with E-state index in [4.69, 9.17) is 4.74 Å². The fourth-order valence-corrected chi connectivity index (χ4v) is 2.41. The van der Waals surface area contributed by atoms with Crippen LogP contribution in [-0.2, 0) is 4.74 Å². The van der Waals surface area contributed by atoms with Crippen LogP contribution >= 0.6 is 0 Å². The number of amides is 2. The molecule has 0 saturated carbocycles. The standard InChI is InChI=1S/C16H25N3O2/c1-4-9-17-16(20)18-14-5-7-15(8-6-14)19-10-13(3)21-11-12(19)2/h5-8,12-13H,4,9-11H2,1-3H3,(H2,17,18,20). The van der Waals surface area contributed by atoms with Gasteiger partial charge in [0.25, 0.3) is 0 Å². The Hall–Kier alpha value is -1.75. The van der Waals surface area contributed by atoms with Crippen molar-refractivity contribution in [3.63, 3.8) is 0 Å². The van der Waals surface area contributed by atoms with Crippen molar-refractivity contribution in [2.24, 2.45) is 0 Å². The molecule has 2 atom stereocenters. The molecule has 21 heavy (non-hydrogen) atoms. The molecular formula is C16H25N3O2. The second-order valence-corrected chi connectivity index (χ2v) is 5.57. The molecule has 1 aliphatic rings. The SMILES string of the molecule is CCCNC(=O)Nc1ccc(N2CC(C)OCC2C)cc1. The third kappa shape index (κ3) is 4.36. The third-order valence-electron chi connectivity index (χ3n) is 3.60. The topological polar surface area (TPSA) is 53.6 Å². The van der Waals surface area contributed by atoms with Crippen LogP contribution in [-0.4, -0.2) is 37.9 Å². The van der Waals surface area contributed by atoms with Gasteiger partial charge < -0.3 is 20.3 Å². The normalized spacial score (nSPS) is 22.0. The van der Waals surface area contributed by atoms with Crippen molar-refractivity contribution in [2.45, 2.75) is 39.3 Å². The Balaban J connectivity index is 1.96. The number of anilines is 2. The number of benzene rings is 1. The summed E-state index contributed by atoms with van der Waals surface area (Å²) >= 11 is 0. The predicted molar refractivity (Wildman–Crippen MR) is 86.0 cm³/mol. The lowest BCUT2D eigenvalue weighted by Gasteiger charge is -2.38. The van der Waals surface area contributed by atoms with Gasteiger partial charge in [-0.3, -0.25) is 0 Å². The van der Waals surface area contributed by atoms with Gasteiger partial charge in [0, 0.05) is 30.5 Å². The highest BCUT2D eigenvalue weighted by atomic mass is 16.5. The second-order valence-electron chi connectivity index (χ2n) is 5.57. The van der Waals surface area contributed by atoms with Gasteiger partial charge in [0.05, 0.1) is 12.7 Å². The Labute approximate surface area is 126 Å². The zero-order valence-electron chi connectivity index (χ0n) is 13.1. The van der Waals surface area contributed by atoms with Crippen molar-refractivity contribution in [2.75, 3.05) is 29.9 Å². The number of rotatable bonds is 4. The highest BCUT2D eigenvalue weighted by Gasteiger charge is 2.23. The molecule has 1 aliphatic heterocycles. The van der Waals surface area contributed by atoms with Gasteiger partial charge in [-0.1, -0.05) is 6.92 Å². The molecule has 1 fully saturated rings. The smallest absolute Gasteiger partial charge is 0.319 e. The predicted octanol–water partition coefficient (Wildman–Crippen LogP) is 2.83. The number of carbonyl (C=O) groups excluding carboxylic acids is 1. The van der Waals surface area contributed by atoms with Crippen LogP contribution < -0.4 is 15.5 Å². The summed E-state index contributed by atoms with van der Waals surface area (Å²) in [5.74, 6) is 0. The summed E-state index contributed by atoms with van der Waals surface area (Å²) in [6, 6.07) is 8.18. The maximum absolute atomic E-state index is 11.6. The van der Waals surface area contributed by atoms with Crippen molar-refractivity contribution < 1.29 is 9.53 Å². The quantitative estimate of drug-likeness (QED) is 0.897. The van der Waals surface area contributed by atoms with E-state index in [-0.39, 0.29) is 12.1 Å². The first-order valence-corrected chi connectivity index (χ1v) is 7.63. The number of hydrogen-bond donors (Lipinski definition) is 2. The summed E-state index contributed by atoms with van der Waals surface area (Å²) in [7, 11) is 0. The second kappa shape index (κ2) is 7.31. The molecule has 116 valence electrons. The molecule has 1 aromatic carbocycles. The van der Waals surface area contributed by atoms with Gasteiger partial charge in [0.1, 0.15) is 0 Å². The molecule has 1 heterocycles. The van der Waals surface area contributed by atoms with E-state index in [2.05, 4.69) is 29.4 Å². The minimum atomic E-state index is -0.155. The van der Waals surface area contributed by atoms with Crippen molar-refractivity contribution in [1.29, 1.82) is 0 Å². The van der Waals surface area contributed by atoms with Gasteiger partial charge >= 0.3 is 6.03 Å². The monoisotopic (exact) mass is 291 g/mol. The van der Waals surface area contributed by atoms with Crippen LogP contribution in [0.25, 0.3) is 0 Å². The van der Waals surface area contributed by atoms with Gasteiger partial charge in [-0.15, -0.1) is 0 Å². The molecular weight excluding hydrogens is 266 g/mol. The number of hydrogen-bond acceptors (Lipinski definition) is 3. The summed E-state index contributed by atoms with van der Waals surface area (Å²) in [5.41, 5.74) is 1.97. The number of nitrogens with one attached hydrogen (secondary N) is 2. The van der Waals surface area contributed by atoms with Crippen molar-refractivity contribution in [3.05, 3.63) is 24.3 Å². The highest BCUT2D eigenvalue weighted by Crippen LogP contribution is 2.23. The number of carbonyl (C=O) groups is 1. The average molecular weight is 291 g/mol. The van der Waals surface area contributed by atoms with E-state index >= 15 is 0 Å². The van der Waals surface area contributed by atoms with Crippen LogP contribution in [0.3, 0.4) is 0 Å². The van der Waals surface area contributed by atoms with E-state index in [0.29, 0.717) is 12.6 Å². The van der Waals surface area contributed by atoms with E-state index in [1.54, 1.807) is 0 Å². The minimum absolute atomic E-state index is 0.155. The summed E-state index contributed by atoms with van der Waals surface area (Å²) in [6.07, 6.45) is 1.18. The van der Waals surface area contributed by atoms with E-state index in [0.717, 1.165) is 30.9 Å². The van der Waals surface area contributed by atoms with Crippen molar-refractivity contribution in [3.8, 4) is 0 Å². The van der Waals surface area contributed by atoms with Crippen LogP contribution in [0.1, 0.15) is 27.2 Å². The molecule has 0 bridgehead atoms. The van der Waals surface area contributed by atoms with Crippen LogP contribution in [0.2, 0.25) is 0 Å². The zero-order chi connectivity index (χ0) is 15.2. The molecule has 0 aromatic heterocycles. The van der Waals surface area contributed by atoms with Crippen LogP contribution in [0.4, 0.5) is 16.2 Å². The maximum atomic E-state index is 11.6. The first-order valence-electron chi connectivity index (χ1n) is 7.63. The molecule has 2 unspecified atom stereocenters. The zero-order valence-corrected chi connectivity index (χ0v) is 13.1. The fraction of sp³-hybridized carbons (Fsp3) is 0.562. The average Bonchev–Trinajstić information content (AvgIpc) is 2.48. The fourth-order valence-electron chi connectivity index (χ4n) is 2.41. The molecule has 2 N–H and O–H groups in total. The Morgan fingerprint density at radius 1 is 1.33 bits per heavy atom. The Kier molecular flexibility index (Phi) is 5.44. The van der Waals surface area contributed by atoms with Crippen LogP contribution in [0.5, 0.6) is 0 Å². The maximum Gasteiger partial charge on any atom is 0.319 e. The molecule has 5 nitrogen and oxygen atoms in total. The van der Waals surface area contributed by atoms with Crippen molar-refractivity contribution >= 4 is 17.4 Å². The minimum Gasteiger partial charge on any atom is -0.375 e. The summed E-state index contributed by atoms with van der Waals surface area (Å²) in [6.45, 7) is 8.61. The van der Waals surface area contributed by atoms with E-state index in [1.807, 2.05) is 31.2 Å². The largest absolute Gasteiger partial charge is 0.375 e. The van der Waals surface area contributed by atoms with E-state index in [1.165, 1.54) is 0 Å². The van der Waals surface area contributed by atoms with Crippen LogP contribution in [0, 0.1) is 0 Å². The summed E-state index contributed by atoms with van der Waals surface area (Å²) < 4.78 is 5.65. The number of nitrogens with zero attached hydrogens (tertiary/aromatic N) is 1. The first kappa shape index (κ1) is 15.6. The van der Waals surface area contributed by atoms with Gasteiger partial charge in [-0.25, -0.2) is 4.79 Å². The molecule has 2 amide bonds. The molecule has 0 radical (unpaired) electrons. The lowest BCUT2D eigenvalue weighted by Crippen LogP contribution is -2.47. The van der Waals surface area contributed by atoms with Gasteiger partial charge in [-0.05, 0) is 44.5 Å². The van der Waals surface area contributed by atoms with E-state index in [9.17, 15) is 4.79 Å². The molecule has 5 heteroatoms. The van der Waals surface area contributed by atoms with Crippen LogP contribution in [0.15, 0.2) is 24.3 Å². The lowest BCUT2D eigenvalue weighted by atomic mass is 10.1. The molecule has 1 aromatic rings. The Bertz CT molecular complexity index is 461. The molecule has 1 saturated heterocycles. The molecule has 0 aliphatic carbocycles. The first-order chi connectivity index (χ1) is 10.1. The van der Waals surface area contributed by atoms with Gasteiger partial charge in [-0.2, -0.15) is 0 Å². The summed E-state index contributed by atoms with van der Waals surface area (Å²) in [5, 5.41) is 5.63. The van der Waals surface area contributed by atoms with Crippen molar-refractivity contribution in [1.82, 2.24) is 5.32 Å². The third-order valence-corrected chi connectivity index (χ3v) is 3.60. The van der Waals surface area contributed by atoms with E-state index < -0.39 is 0 Å². The molecule has 2 rings (SSSR count). The summed E-state index contributed by atoms with van der Waals surface area (Å²) in [4.78, 5) is 13.9. The van der Waals surface area contributed by atoms with Gasteiger partial charge in [0.2, 0.25) is 0 Å².